The number of hydrogen-bond acceptors (Lipinski definition) is 4. The SMILES string of the molecule is COC(=O)c1cc(NC(=O)CC2(N)CCCC2)ccc1F. The van der Waals surface area contributed by atoms with Crippen LogP contribution in [0.25, 0.3) is 0 Å². The second-order valence-corrected chi connectivity index (χ2v) is 5.48. The van der Waals surface area contributed by atoms with Gasteiger partial charge in [0.1, 0.15) is 5.82 Å². The fraction of sp³-hybridized carbons (Fsp3) is 0.467. The molecule has 114 valence electrons. The van der Waals surface area contributed by atoms with Gasteiger partial charge >= 0.3 is 5.97 Å². The van der Waals surface area contributed by atoms with E-state index in [0.29, 0.717) is 5.69 Å². The summed E-state index contributed by atoms with van der Waals surface area (Å²) in [6.07, 6.45) is 3.95. The van der Waals surface area contributed by atoms with E-state index in [1.165, 1.54) is 19.2 Å². The predicted octanol–water partition coefficient (Wildman–Crippen LogP) is 2.21. The summed E-state index contributed by atoms with van der Waals surface area (Å²) in [5.41, 5.74) is 5.83. The van der Waals surface area contributed by atoms with E-state index >= 15 is 0 Å². The van der Waals surface area contributed by atoms with Crippen molar-refractivity contribution in [3.05, 3.63) is 29.6 Å². The van der Waals surface area contributed by atoms with Crippen molar-refractivity contribution in [3.63, 3.8) is 0 Å². The molecular formula is C15H19FN2O3. The van der Waals surface area contributed by atoms with Crippen LogP contribution in [0.3, 0.4) is 0 Å². The molecule has 0 bridgehead atoms. The molecule has 1 aliphatic carbocycles. The van der Waals surface area contributed by atoms with Gasteiger partial charge in [0.25, 0.3) is 0 Å². The third kappa shape index (κ3) is 3.78. The lowest BCUT2D eigenvalue weighted by molar-refractivity contribution is -0.117. The lowest BCUT2D eigenvalue weighted by Gasteiger charge is -2.22. The Morgan fingerprint density at radius 2 is 2.05 bits per heavy atom. The second kappa shape index (κ2) is 6.22. The molecule has 2 rings (SSSR count). The third-order valence-corrected chi connectivity index (χ3v) is 3.77. The molecule has 5 nitrogen and oxygen atoms in total. The Labute approximate surface area is 122 Å². The zero-order valence-corrected chi connectivity index (χ0v) is 11.9. The van der Waals surface area contributed by atoms with Crippen LogP contribution in [0.5, 0.6) is 0 Å². The Balaban J connectivity index is 2.05. The van der Waals surface area contributed by atoms with Crippen LogP contribution in [0.4, 0.5) is 10.1 Å². The number of nitrogens with one attached hydrogen (secondary N) is 1. The Bertz CT molecular complexity index is 554. The summed E-state index contributed by atoms with van der Waals surface area (Å²) >= 11 is 0. The molecule has 1 saturated carbocycles. The molecule has 1 fully saturated rings. The van der Waals surface area contributed by atoms with Crippen molar-refractivity contribution in [3.8, 4) is 0 Å². The van der Waals surface area contributed by atoms with Crippen LogP contribution in [0.1, 0.15) is 42.5 Å². The Kier molecular flexibility index (Phi) is 4.57. The van der Waals surface area contributed by atoms with Gasteiger partial charge in [-0.1, -0.05) is 12.8 Å². The largest absolute Gasteiger partial charge is 0.465 e. The number of methoxy groups -OCH3 is 1. The van der Waals surface area contributed by atoms with Crippen LogP contribution < -0.4 is 11.1 Å². The lowest BCUT2D eigenvalue weighted by atomic mass is 9.94. The number of nitrogens with two attached hydrogens (primary N) is 1. The van der Waals surface area contributed by atoms with E-state index in [1.54, 1.807) is 0 Å². The molecule has 1 amide bonds. The standard InChI is InChI=1S/C15H19FN2O3/c1-21-14(20)11-8-10(4-5-12(11)16)18-13(19)9-15(17)6-2-3-7-15/h4-5,8H,2-3,6-7,9,17H2,1H3,(H,18,19). The summed E-state index contributed by atoms with van der Waals surface area (Å²) in [4.78, 5) is 23.4. The highest BCUT2D eigenvalue weighted by Gasteiger charge is 2.31. The maximum atomic E-state index is 13.5. The second-order valence-electron chi connectivity index (χ2n) is 5.48. The minimum atomic E-state index is -0.783. The van der Waals surface area contributed by atoms with Crippen LogP contribution in [0, 0.1) is 5.82 Å². The summed E-state index contributed by atoms with van der Waals surface area (Å²) in [7, 11) is 1.17. The molecule has 6 heteroatoms. The van der Waals surface area contributed by atoms with Gasteiger partial charge in [-0.3, -0.25) is 4.79 Å². The van der Waals surface area contributed by atoms with Crippen LogP contribution in [0.15, 0.2) is 18.2 Å². The number of rotatable bonds is 4. The maximum absolute atomic E-state index is 13.5. The van der Waals surface area contributed by atoms with Crippen molar-refractivity contribution in [2.45, 2.75) is 37.6 Å². The average Bonchev–Trinajstić information content (AvgIpc) is 2.86. The fourth-order valence-corrected chi connectivity index (χ4v) is 2.65. The van der Waals surface area contributed by atoms with Crippen molar-refractivity contribution in [1.29, 1.82) is 0 Å². The van der Waals surface area contributed by atoms with E-state index in [0.717, 1.165) is 31.7 Å². The van der Waals surface area contributed by atoms with E-state index in [1.807, 2.05) is 0 Å². The first-order chi connectivity index (χ1) is 9.93. The molecular weight excluding hydrogens is 275 g/mol. The van der Waals surface area contributed by atoms with Gasteiger partial charge in [0.15, 0.2) is 0 Å². The molecule has 0 heterocycles. The number of hydrogen-bond donors (Lipinski definition) is 2. The van der Waals surface area contributed by atoms with E-state index < -0.39 is 17.3 Å². The topological polar surface area (TPSA) is 81.4 Å². The monoisotopic (exact) mass is 294 g/mol. The number of amides is 1. The lowest BCUT2D eigenvalue weighted by Crippen LogP contribution is -2.40. The van der Waals surface area contributed by atoms with E-state index in [4.69, 9.17) is 5.73 Å². The molecule has 0 unspecified atom stereocenters. The maximum Gasteiger partial charge on any atom is 0.340 e. The van der Waals surface area contributed by atoms with Crippen LogP contribution in [-0.4, -0.2) is 24.5 Å². The molecule has 3 N–H and O–H groups in total. The van der Waals surface area contributed by atoms with Gasteiger partial charge in [-0.2, -0.15) is 0 Å². The number of ether oxygens (including phenoxy) is 1. The molecule has 1 aromatic carbocycles. The van der Waals surface area contributed by atoms with Crippen molar-refractivity contribution < 1.29 is 18.7 Å². The number of benzene rings is 1. The van der Waals surface area contributed by atoms with E-state index in [9.17, 15) is 14.0 Å². The van der Waals surface area contributed by atoms with Gasteiger partial charge in [-0.05, 0) is 31.0 Å². The quantitative estimate of drug-likeness (QED) is 0.834. The molecule has 0 aromatic heterocycles. The third-order valence-electron chi connectivity index (χ3n) is 3.77. The summed E-state index contributed by atoms with van der Waals surface area (Å²) in [5, 5.41) is 2.65. The normalized spacial score (nSPS) is 16.5. The Morgan fingerprint density at radius 3 is 2.67 bits per heavy atom. The molecule has 0 saturated heterocycles. The highest BCUT2D eigenvalue weighted by molar-refractivity contribution is 5.95. The molecule has 21 heavy (non-hydrogen) atoms. The van der Waals surface area contributed by atoms with Gasteiger partial charge in [0.05, 0.1) is 12.7 Å². The summed E-state index contributed by atoms with van der Waals surface area (Å²) < 4.78 is 18.0. The number of esters is 1. The summed E-state index contributed by atoms with van der Waals surface area (Å²) in [6.45, 7) is 0. The summed E-state index contributed by atoms with van der Waals surface area (Å²) in [6, 6.07) is 3.78. The predicted molar refractivity (Wildman–Crippen MR) is 76.4 cm³/mol. The van der Waals surface area contributed by atoms with E-state index in [2.05, 4.69) is 10.1 Å². The highest BCUT2D eigenvalue weighted by Crippen LogP contribution is 2.30. The minimum absolute atomic E-state index is 0.210. The average molecular weight is 294 g/mol. The van der Waals surface area contributed by atoms with Gasteiger partial charge in [0, 0.05) is 17.6 Å². The smallest absolute Gasteiger partial charge is 0.340 e. The van der Waals surface area contributed by atoms with Crippen LogP contribution >= 0.6 is 0 Å². The van der Waals surface area contributed by atoms with Crippen molar-refractivity contribution in [2.75, 3.05) is 12.4 Å². The zero-order chi connectivity index (χ0) is 15.5. The molecule has 0 aliphatic heterocycles. The summed E-state index contributed by atoms with van der Waals surface area (Å²) in [5.74, 6) is -1.71. The fourth-order valence-electron chi connectivity index (χ4n) is 2.65. The minimum Gasteiger partial charge on any atom is -0.465 e. The number of anilines is 1. The Morgan fingerprint density at radius 1 is 1.38 bits per heavy atom. The van der Waals surface area contributed by atoms with Gasteiger partial charge in [-0.25, -0.2) is 9.18 Å². The molecule has 1 aliphatic rings. The molecule has 0 spiro atoms. The first-order valence-corrected chi connectivity index (χ1v) is 6.90. The first kappa shape index (κ1) is 15.4. The van der Waals surface area contributed by atoms with Crippen molar-refractivity contribution in [2.24, 2.45) is 5.73 Å². The number of halogens is 1. The number of carbonyl (C=O) groups excluding carboxylic acids is 2. The van der Waals surface area contributed by atoms with Gasteiger partial charge < -0.3 is 15.8 Å². The van der Waals surface area contributed by atoms with Crippen LogP contribution in [0.2, 0.25) is 0 Å². The zero-order valence-electron chi connectivity index (χ0n) is 11.9. The van der Waals surface area contributed by atoms with Gasteiger partial charge in [0.2, 0.25) is 5.91 Å². The first-order valence-electron chi connectivity index (χ1n) is 6.90. The Hall–Kier alpha value is -1.95. The molecule has 0 atom stereocenters. The van der Waals surface area contributed by atoms with Crippen molar-refractivity contribution in [1.82, 2.24) is 0 Å². The van der Waals surface area contributed by atoms with Crippen LogP contribution in [-0.2, 0) is 9.53 Å². The van der Waals surface area contributed by atoms with E-state index in [-0.39, 0.29) is 17.9 Å². The molecule has 1 aromatic rings. The molecule has 0 radical (unpaired) electrons. The van der Waals surface area contributed by atoms with Gasteiger partial charge in [-0.15, -0.1) is 0 Å². The van der Waals surface area contributed by atoms with Crippen molar-refractivity contribution >= 4 is 17.6 Å². The number of carbonyl (C=O) groups is 2. The highest BCUT2D eigenvalue weighted by atomic mass is 19.1.